The topological polar surface area (TPSA) is 82.6 Å². The van der Waals surface area contributed by atoms with E-state index in [-0.39, 0.29) is 19.3 Å². The van der Waals surface area contributed by atoms with Gasteiger partial charge in [-0.2, -0.15) is 0 Å². The summed E-state index contributed by atoms with van der Waals surface area (Å²) < 4.78 is 10.9. The normalized spacial score (nSPS) is 23.4. The second-order valence-electron chi connectivity index (χ2n) is 9.42. The van der Waals surface area contributed by atoms with Crippen molar-refractivity contribution >= 4 is 23.5 Å². The van der Waals surface area contributed by atoms with E-state index in [1.807, 2.05) is 36.4 Å². The average molecular weight is 463 g/mol. The lowest BCUT2D eigenvalue weighted by molar-refractivity contribution is -0.160. The molecule has 4 amide bonds. The maximum absolute atomic E-state index is 13.7. The number of ether oxygens (including phenoxy) is 2. The van der Waals surface area contributed by atoms with E-state index in [1.54, 1.807) is 0 Å². The highest BCUT2D eigenvalue weighted by Crippen LogP contribution is 2.47. The molecule has 34 heavy (non-hydrogen) atoms. The summed E-state index contributed by atoms with van der Waals surface area (Å²) in [5, 5.41) is 0. The van der Waals surface area contributed by atoms with Gasteiger partial charge in [0.2, 0.25) is 18.6 Å². The number of barbiturate groups is 1. The molecule has 1 unspecified atom stereocenters. The van der Waals surface area contributed by atoms with Gasteiger partial charge in [0.25, 0.3) is 0 Å². The molecule has 9 nitrogen and oxygen atoms in total. The number of imide groups is 2. The number of anilines is 1. The predicted molar refractivity (Wildman–Crippen MR) is 122 cm³/mol. The molecule has 0 aliphatic carbocycles. The Morgan fingerprint density at radius 3 is 2.47 bits per heavy atom. The van der Waals surface area contributed by atoms with Gasteiger partial charge in [-0.1, -0.05) is 24.3 Å². The van der Waals surface area contributed by atoms with E-state index >= 15 is 0 Å². The van der Waals surface area contributed by atoms with Crippen molar-refractivity contribution in [3.63, 3.8) is 0 Å². The molecule has 2 saturated heterocycles. The number of para-hydroxylation sites is 1. The van der Waals surface area contributed by atoms with Gasteiger partial charge in [-0.3, -0.25) is 24.3 Å². The molecule has 1 spiro atoms. The van der Waals surface area contributed by atoms with Crippen molar-refractivity contribution in [3.8, 4) is 11.5 Å². The Labute approximate surface area is 197 Å². The monoisotopic (exact) mass is 462 g/mol. The van der Waals surface area contributed by atoms with Crippen LogP contribution < -0.4 is 14.4 Å². The van der Waals surface area contributed by atoms with Gasteiger partial charge in [-0.15, -0.1) is 0 Å². The van der Waals surface area contributed by atoms with Crippen LogP contribution in [0.3, 0.4) is 0 Å². The lowest BCUT2D eigenvalue weighted by Crippen LogP contribution is -2.74. The van der Waals surface area contributed by atoms with E-state index in [2.05, 4.69) is 15.9 Å². The van der Waals surface area contributed by atoms with E-state index in [1.165, 1.54) is 14.1 Å². The van der Waals surface area contributed by atoms with Gasteiger partial charge in [-0.25, -0.2) is 4.79 Å². The molecule has 0 radical (unpaired) electrons. The van der Waals surface area contributed by atoms with Gasteiger partial charge in [0.15, 0.2) is 16.9 Å². The van der Waals surface area contributed by atoms with Crippen molar-refractivity contribution < 1.29 is 23.9 Å². The van der Waals surface area contributed by atoms with E-state index in [0.717, 1.165) is 44.7 Å². The highest BCUT2D eigenvalue weighted by atomic mass is 16.7. The number of carbonyl (C=O) groups excluding carboxylic acids is 3. The predicted octanol–water partition coefficient (Wildman–Crippen LogP) is 1.70. The summed E-state index contributed by atoms with van der Waals surface area (Å²) in [7, 11) is 2.93. The number of urea groups is 1. The van der Waals surface area contributed by atoms with Crippen LogP contribution in [0.2, 0.25) is 0 Å². The van der Waals surface area contributed by atoms with Crippen LogP contribution in [-0.4, -0.2) is 79.1 Å². The molecular weight excluding hydrogens is 436 g/mol. The van der Waals surface area contributed by atoms with Crippen molar-refractivity contribution in [2.45, 2.75) is 19.0 Å². The van der Waals surface area contributed by atoms with Gasteiger partial charge < -0.3 is 14.4 Å². The number of benzene rings is 2. The van der Waals surface area contributed by atoms with E-state index in [4.69, 9.17) is 9.47 Å². The first-order chi connectivity index (χ1) is 16.4. The standard InChI is InChI=1S/C25H26N4O5/c1-26-22(30)25(23(31)27(2)24(26)32)12-17-5-3-4-6-18(17)29-10-9-28(14-21(25)29)13-16-7-8-19-20(11-16)34-15-33-19/h3-8,11,21H,9-10,12-15H2,1-2H3. The van der Waals surface area contributed by atoms with E-state index in [9.17, 15) is 14.4 Å². The zero-order valence-corrected chi connectivity index (χ0v) is 19.2. The molecule has 2 aromatic carbocycles. The summed E-state index contributed by atoms with van der Waals surface area (Å²) in [5.41, 5.74) is 1.75. The van der Waals surface area contributed by atoms with Crippen LogP contribution in [0.5, 0.6) is 11.5 Å². The number of hydrogen-bond acceptors (Lipinski definition) is 7. The van der Waals surface area contributed by atoms with Crippen LogP contribution in [0.4, 0.5) is 10.5 Å². The number of amides is 4. The van der Waals surface area contributed by atoms with Gasteiger partial charge in [0, 0.05) is 46.0 Å². The lowest BCUT2D eigenvalue weighted by Gasteiger charge is -2.56. The van der Waals surface area contributed by atoms with Gasteiger partial charge >= 0.3 is 6.03 Å². The van der Waals surface area contributed by atoms with Crippen molar-refractivity contribution in [2.75, 3.05) is 45.4 Å². The Morgan fingerprint density at radius 1 is 0.941 bits per heavy atom. The summed E-state index contributed by atoms with van der Waals surface area (Å²) in [5.74, 6) is 0.634. The van der Waals surface area contributed by atoms with Crippen LogP contribution in [0.25, 0.3) is 0 Å². The highest BCUT2D eigenvalue weighted by molar-refractivity contribution is 6.20. The summed E-state index contributed by atoms with van der Waals surface area (Å²) in [6.07, 6.45) is 0.280. The molecular formula is C25H26N4O5. The third kappa shape index (κ3) is 2.86. The number of piperazine rings is 1. The Balaban J connectivity index is 1.38. The molecule has 0 saturated carbocycles. The summed E-state index contributed by atoms with van der Waals surface area (Å²) in [4.78, 5) is 46.6. The zero-order valence-electron chi connectivity index (χ0n) is 19.2. The molecule has 2 fully saturated rings. The number of nitrogens with zero attached hydrogens (tertiary/aromatic N) is 4. The second-order valence-corrected chi connectivity index (χ2v) is 9.42. The largest absolute Gasteiger partial charge is 0.454 e. The molecule has 6 rings (SSSR count). The first kappa shape index (κ1) is 21.0. The van der Waals surface area contributed by atoms with E-state index in [0.29, 0.717) is 19.6 Å². The minimum atomic E-state index is -1.35. The fourth-order valence-electron chi connectivity index (χ4n) is 5.87. The van der Waals surface area contributed by atoms with Gasteiger partial charge in [0.05, 0.1) is 6.04 Å². The molecule has 4 aliphatic rings. The quantitative estimate of drug-likeness (QED) is 0.629. The summed E-state index contributed by atoms with van der Waals surface area (Å²) in [6.45, 7) is 2.87. The number of hydrogen-bond donors (Lipinski definition) is 0. The van der Waals surface area contributed by atoms with Crippen molar-refractivity contribution in [3.05, 3.63) is 53.6 Å². The van der Waals surface area contributed by atoms with E-state index < -0.39 is 23.3 Å². The number of rotatable bonds is 2. The minimum absolute atomic E-state index is 0.228. The average Bonchev–Trinajstić information content (AvgIpc) is 3.33. The maximum atomic E-state index is 13.7. The summed E-state index contributed by atoms with van der Waals surface area (Å²) in [6, 6.07) is 12.9. The molecule has 1 atom stereocenters. The van der Waals surface area contributed by atoms with Crippen molar-refractivity contribution in [1.82, 2.24) is 14.7 Å². The fourth-order valence-corrected chi connectivity index (χ4v) is 5.87. The highest BCUT2D eigenvalue weighted by Gasteiger charge is 2.63. The molecule has 0 bridgehead atoms. The second kappa shape index (κ2) is 7.46. The Bertz CT molecular complexity index is 1190. The van der Waals surface area contributed by atoms with Crippen LogP contribution in [0, 0.1) is 5.41 Å². The number of fused-ring (bicyclic) bond motifs is 5. The molecule has 2 aromatic rings. The third-order valence-electron chi connectivity index (χ3n) is 7.59. The molecule has 4 heterocycles. The fraction of sp³-hybridized carbons (Fsp3) is 0.400. The molecule has 9 heteroatoms. The minimum Gasteiger partial charge on any atom is -0.454 e. The Morgan fingerprint density at radius 2 is 1.68 bits per heavy atom. The molecule has 176 valence electrons. The van der Waals surface area contributed by atoms with Gasteiger partial charge in [0.1, 0.15) is 0 Å². The molecule has 0 N–H and O–H groups in total. The van der Waals surface area contributed by atoms with Crippen molar-refractivity contribution in [1.29, 1.82) is 0 Å². The Kier molecular flexibility index (Phi) is 4.60. The SMILES string of the molecule is CN1C(=O)N(C)C(=O)C2(Cc3ccccc3N3CCN(Cc4ccc5c(c4)OCO5)CC32)C1=O. The zero-order chi connectivity index (χ0) is 23.6. The van der Waals surface area contributed by atoms with Crippen LogP contribution in [0.1, 0.15) is 11.1 Å². The van der Waals surface area contributed by atoms with Crippen LogP contribution >= 0.6 is 0 Å². The van der Waals surface area contributed by atoms with Crippen LogP contribution in [0.15, 0.2) is 42.5 Å². The molecule has 4 aliphatic heterocycles. The van der Waals surface area contributed by atoms with Gasteiger partial charge in [-0.05, 0) is 35.7 Å². The smallest absolute Gasteiger partial charge is 0.332 e. The number of carbonyl (C=O) groups is 3. The summed E-state index contributed by atoms with van der Waals surface area (Å²) >= 11 is 0. The first-order valence-electron chi connectivity index (χ1n) is 11.5. The lowest BCUT2D eigenvalue weighted by atomic mass is 9.67. The first-order valence-corrected chi connectivity index (χ1v) is 11.5. The Hall–Kier alpha value is -3.59. The van der Waals surface area contributed by atoms with Crippen molar-refractivity contribution in [2.24, 2.45) is 5.41 Å². The third-order valence-corrected chi connectivity index (χ3v) is 7.59. The van der Waals surface area contributed by atoms with Crippen LogP contribution in [-0.2, 0) is 22.6 Å². The molecule has 0 aromatic heterocycles. The maximum Gasteiger partial charge on any atom is 0.332 e.